The first-order valence-corrected chi connectivity index (χ1v) is 9.10. The third-order valence-electron chi connectivity index (χ3n) is 4.85. The minimum atomic E-state index is 0.0717. The van der Waals surface area contributed by atoms with Crippen molar-refractivity contribution in [1.29, 1.82) is 0 Å². The van der Waals surface area contributed by atoms with E-state index in [-0.39, 0.29) is 11.8 Å². The van der Waals surface area contributed by atoms with Crippen molar-refractivity contribution in [3.8, 4) is 11.4 Å². The molecular weight excluding hydrogens is 346 g/mol. The Bertz CT molecular complexity index is 905. The summed E-state index contributed by atoms with van der Waals surface area (Å²) in [5, 5.41) is 15.4. The van der Waals surface area contributed by atoms with Gasteiger partial charge in [0.05, 0.1) is 12.5 Å². The smallest absolute Gasteiger partial charge is 0.231 e. The standard InChI is InChI=1S/C18H21N7O2/c1-13-20-22-23-25(13)11-9-16(26)24-10-5-8-15(12-24)18-19-17(21-27-18)14-6-3-2-4-7-14/h2-4,6-7,15H,5,8-12H2,1H3. The number of rotatable bonds is 5. The van der Waals surface area contributed by atoms with Crippen LogP contribution in [-0.2, 0) is 11.3 Å². The zero-order valence-corrected chi connectivity index (χ0v) is 15.2. The number of aryl methyl sites for hydroxylation is 2. The summed E-state index contributed by atoms with van der Waals surface area (Å²) >= 11 is 0. The minimum absolute atomic E-state index is 0.0717. The summed E-state index contributed by atoms with van der Waals surface area (Å²) in [6, 6.07) is 9.74. The summed E-state index contributed by atoms with van der Waals surface area (Å²) in [4.78, 5) is 19.0. The Labute approximate surface area is 156 Å². The SMILES string of the molecule is Cc1nnnn1CCC(=O)N1CCCC(c2nc(-c3ccccc3)no2)C1. The summed E-state index contributed by atoms with van der Waals surface area (Å²) < 4.78 is 7.13. The van der Waals surface area contributed by atoms with Crippen LogP contribution in [0.1, 0.15) is 36.9 Å². The second kappa shape index (κ2) is 7.65. The van der Waals surface area contributed by atoms with Gasteiger partial charge in [0.1, 0.15) is 5.82 Å². The largest absolute Gasteiger partial charge is 0.342 e. The van der Waals surface area contributed by atoms with Gasteiger partial charge in [-0.1, -0.05) is 35.5 Å². The van der Waals surface area contributed by atoms with Gasteiger partial charge in [-0.2, -0.15) is 4.98 Å². The van der Waals surface area contributed by atoms with Crippen molar-refractivity contribution in [2.24, 2.45) is 0 Å². The molecule has 0 N–H and O–H groups in total. The Balaban J connectivity index is 1.38. The lowest BCUT2D eigenvalue weighted by atomic mass is 9.97. The van der Waals surface area contributed by atoms with E-state index in [0.29, 0.717) is 37.0 Å². The zero-order valence-electron chi connectivity index (χ0n) is 15.2. The number of carbonyl (C=O) groups excluding carboxylic acids is 1. The summed E-state index contributed by atoms with van der Waals surface area (Å²) in [7, 11) is 0. The molecule has 27 heavy (non-hydrogen) atoms. The van der Waals surface area contributed by atoms with Crippen LogP contribution in [0.25, 0.3) is 11.4 Å². The van der Waals surface area contributed by atoms with Crippen molar-refractivity contribution in [2.75, 3.05) is 13.1 Å². The topological polar surface area (TPSA) is 103 Å². The average molecular weight is 367 g/mol. The second-order valence-corrected chi connectivity index (χ2v) is 6.70. The maximum Gasteiger partial charge on any atom is 0.231 e. The molecule has 3 aromatic rings. The summed E-state index contributed by atoms with van der Waals surface area (Å²) in [6.45, 7) is 3.66. The number of tetrazole rings is 1. The number of amides is 1. The van der Waals surface area contributed by atoms with Gasteiger partial charge in [-0.15, -0.1) is 5.10 Å². The fourth-order valence-corrected chi connectivity index (χ4v) is 3.33. The number of likely N-dealkylation sites (tertiary alicyclic amines) is 1. The molecule has 0 spiro atoms. The maximum absolute atomic E-state index is 12.6. The lowest BCUT2D eigenvalue weighted by molar-refractivity contribution is -0.132. The minimum Gasteiger partial charge on any atom is -0.342 e. The zero-order chi connectivity index (χ0) is 18.6. The van der Waals surface area contributed by atoms with Gasteiger partial charge < -0.3 is 9.42 Å². The van der Waals surface area contributed by atoms with Gasteiger partial charge in [-0.3, -0.25) is 4.79 Å². The van der Waals surface area contributed by atoms with Crippen LogP contribution in [0.2, 0.25) is 0 Å². The van der Waals surface area contributed by atoms with Crippen molar-refractivity contribution in [3.63, 3.8) is 0 Å². The number of benzene rings is 1. The van der Waals surface area contributed by atoms with Gasteiger partial charge in [0.25, 0.3) is 0 Å². The number of piperidine rings is 1. The number of aromatic nitrogens is 6. The predicted molar refractivity (Wildman–Crippen MR) is 95.5 cm³/mol. The molecule has 1 aromatic carbocycles. The van der Waals surface area contributed by atoms with E-state index in [2.05, 4.69) is 25.7 Å². The van der Waals surface area contributed by atoms with Gasteiger partial charge in [-0.05, 0) is 30.2 Å². The quantitative estimate of drug-likeness (QED) is 0.678. The molecule has 1 saturated heterocycles. The Hall–Kier alpha value is -3.10. The van der Waals surface area contributed by atoms with Crippen molar-refractivity contribution in [2.45, 2.75) is 38.6 Å². The fraction of sp³-hybridized carbons (Fsp3) is 0.444. The molecule has 1 amide bonds. The molecule has 1 unspecified atom stereocenters. The number of carbonyl (C=O) groups is 1. The average Bonchev–Trinajstić information content (AvgIpc) is 3.36. The highest BCUT2D eigenvalue weighted by molar-refractivity contribution is 5.76. The van der Waals surface area contributed by atoms with Crippen LogP contribution in [0.15, 0.2) is 34.9 Å². The van der Waals surface area contributed by atoms with Crippen LogP contribution < -0.4 is 0 Å². The van der Waals surface area contributed by atoms with Crippen LogP contribution in [0, 0.1) is 6.92 Å². The highest BCUT2D eigenvalue weighted by atomic mass is 16.5. The lowest BCUT2D eigenvalue weighted by Crippen LogP contribution is -2.39. The van der Waals surface area contributed by atoms with E-state index in [0.717, 1.165) is 24.9 Å². The number of nitrogens with zero attached hydrogens (tertiary/aromatic N) is 7. The first kappa shape index (κ1) is 17.3. The third kappa shape index (κ3) is 3.86. The molecule has 1 fully saturated rings. The first-order valence-electron chi connectivity index (χ1n) is 9.10. The van der Waals surface area contributed by atoms with E-state index in [4.69, 9.17) is 4.52 Å². The molecule has 140 valence electrons. The van der Waals surface area contributed by atoms with Crippen LogP contribution in [0.4, 0.5) is 0 Å². The van der Waals surface area contributed by atoms with E-state index in [1.807, 2.05) is 42.2 Å². The van der Waals surface area contributed by atoms with Gasteiger partial charge >= 0.3 is 0 Å². The molecule has 9 nitrogen and oxygen atoms in total. The van der Waals surface area contributed by atoms with Crippen molar-refractivity contribution < 1.29 is 9.32 Å². The highest BCUT2D eigenvalue weighted by Gasteiger charge is 2.28. The van der Waals surface area contributed by atoms with E-state index < -0.39 is 0 Å². The Morgan fingerprint density at radius 2 is 2.15 bits per heavy atom. The second-order valence-electron chi connectivity index (χ2n) is 6.70. The van der Waals surface area contributed by atoms with Gasteiger partial charge in [0, 0.05) is 25.1 Å². The van der Waals surface area contributed by atoms with E-state index >= 15 is 0 Å². The molecule has 4 rings (SSSR count). The lowest BCUT2D eigenvalue weighted by Gasteiger charge is -2.31. The number of hydrogen-bond donors (Lipinski definition) is 0. The molecule has 1 aliphatic heterocycles. The molecule has 1 aliphatic rings. The molecule has 0 aliphatic carbocycles. The Morgan fingerprint density at radius 1 is 1.30 bits per heavy atom. The molecule has 2 aromatic heterocycles. The van der Waals surface area contributed by atoms with Crippen LogP contribution >= 0.6 is 0 Å². The molecule has 0 bridgehead atoms. The Kier molecular flexibility index (Phi) is 4.91. The third-order valence-corrected chi connectivity index (χ3v) is 4.85. The first-order chi connectivity index (χ1) is 13.2. The number of hydrogen-bond acceptors (Lipinski definition) is 7. The van der Waals surface area contributed by atoms with E-state index in [9.17, 15) is 4.79 Å². The van der Waals surface area contributed by atoms with Gasteiger partial charge in [-0.25, -0.2) is 4.68 Å². The van der Waals surface area contributed by atoms with E-state index in [1.165, 1.54) is 0 Å². The summed E-state index contributed by atoms with van der Waals surface area (Å²) in [5.41, 5.74) is 0.924. The predicted octanol–water partition coefficient (Wildman–Crippen LogP) is 1.83. The van der Waals surface area contributed by atoms with E-state index in [1.54, 1.807) is 4.68 Å². The molecule has 3 heterocycles. The highest BCUT2D eigenvalue weighted by Crippen LogP contribution is 2.27. The van der Waals surface area contributed by atoms with Crippen molar-refractivity contribution in [3.05, 3.63) is 42.0 Å². The Morgan fingerprint density at radius 3 is 2.93 bits per heavy atom. The molecule has 9 heteroatoms. The maximum atomic E-state index is 12.6. The monoisotopic (exact) mass is 367 g/mol. The van der Waals surface area contributed by atoms with Crippen LogP contribution in [-0.4, -0.2) is 54.2 Å². The van der Waals surface area contributed by atoms with Gasteiger partial charge in [0.15, 0.2) is 0 Å². The summed E-state index contributed by atoms with van der Waals surface area (Å²) in [6.07, 6.45) is 2.23. The van der Waals surface area contributed by atoms with Crippen molar-refractivity contribution >= 4 is 5.91 Å². The molecule has 0 radical (unpaired) electrons. The summed E-state index contributed by atoms with van der Waals surface area (Å²) in [5.74, 6) is 2.06. The van der Waals surface area contributed by atoms with Crippen LogP contribution in [0.3, 0.4) is 0 Å². The molecule has 1 atom stereocenters. The van der Waals surface area contributed by atoms with Crippen molar-refractivity contribution in [1.82, 2.24) is 35.2 Å². The van der Waals surface area contributed by atoms with Gasteiger partial charge in [0.2, 0.25) is 17.6 Å². The van der Waals surface area contributed by atoms with Crippen LogP contribution in [0.5, 0.6) is 0 Å². The fourth-order valence-electron chi connectivity index (χ4n) is 3.33. The normalized spacial score (nSPS) is 17.2. The molecular formula is C18H21N7O2. The molecule has 0 saturated carbocycles.